The van der Waals surface area contributed by atoms with Gasteiger partial charge in [0, 0.05) is 11.6 Å². The van der Waals surface area contributed by atoms with Gasteiger partial charge in [-0.25, -0.2) is 4.79 Å². The number of carbonyl (C=O) groups is 1. The van der Waals surface area contributed by atoms with Crippen molar-refractivity contribution in [1.29, 1.82) is 0 Å². The topological polar surface area (TPSA) is 66.9 Å². The molecule has 0 aliphatic heterocycles. The third kappa shape index (κ3) is 8.87. The summed E-state index contributed by atoms with van der Waals surface area (Å²) < 4.78 is 22.6. The summed E-state index contributed by atoms with van der Waals surface area (Å²) in [6.07, 6.45) is 4.03. The third-order valence-corrected chi connectivity index (χ3v) is 4.24. The fourth-order valence-corrected chi connectivity index (χ4v) is 2.73. The van der Waals surface area contributed by atoms with E-state index in [-0.39, 0.29) is 6.61 Å². The van der Waals surface area contributed by atoms with Gasteiger partial charge in [-0.15, -0.1) is 0 Å². The number of hydrogen-bond acceptors (Lipinski definition) is 6. The van der Waals surface area contributed by atoms with Crippen molar-refractivity contribution in [3.63, 3.8) is 0 Å². The number of nitrogens with zero attached hydrogens (tertiary/aromatic N) is 1. The van der Waals surface area contributed by atoms with E-state index in [4.69, 9.17) is 18.9 Å². The molecule has 0 saturated carbocycles. The highest BCUT2D eigenvalue weighted by molar-refractivity contribution is 5.72. The van der Waals surface area contributed by atoms with E-state index in [1.807, 2.05) is 51.1 Å². The van der Waals surface area contributed by atoms with E-state index in [0.29, 0.717) is 30.7 Å². The molecule has 0 bridgehead atoms. The number of rotatable bonds is 12. The van der Waals surface area contributed by atoms with Crippen molar-refractivity contribution in [2.45, 2.75) is 65.9 Å². The molecule has 0 unspecified atom stereocenters. The van der Waals surface area contributed by atoms with Gasteiger partial charge in [0.05, 0.1) is 13.2 Å². The highest BCUT2D eigenvalue weighted by Gasteiger charge is 2.17. The van der Waals surface area contributed by atoms with Gasteiger partial charge in [0.25, 0.3) is 0 Å². The Morgan fingerprint density at radius 3 is 2.32 bits per heavy atom. The zero-order valence-corrected chi connectivity index (χ0v) is 19.4. The van der Waals surface area contributed by atoms with E-state index in [9.17, 15) is 4.79 Å². The largest absolute Gasteiger partial charge is 0.482 e. The predicted molar refractivity (Wildman–Crippen MR) is 122 cm³/mol. The fourth-order valence-electron chi connectivity index (χ4n) is 2.73. The molecule has 0 amide bonds. The van der Waals surface area contributed by atoms with Crippen molar-refractivity contribution in [3.05, 3.63) is 36.4 Å². The highest BCUT2D eigenvalue weighted by atomic mass is 16.6. The van der Waals surface area contributed by atoms with Crippen LogP contribution in [0.25, 0.3) is 11.1 Å². The summed E-state index contributed by atoms with van der Waals surface area (Å²) in [4.78, 5) is 16.5. The Hall–Kier alpha value is -2.76. The number of ether oxygens (including phenoxy) is 4. The first-order valence-electron chi connectivity index (χ1n) is 11.0. The van der Waals surface area contributed by atoms with E-state index in [1.54, 1.807) is 6.07 Å². The molecule has 0 spiro atoms. The molecule has 0 atom stereocenters. The van der Waals surface area contributed by atoms with Crippen LogP contribution in [0.2, 0.25) is 0 Å². The minimum Gasteiger partial charge on any atom is -0.482 e. The van der Waals surface area contributed by atoms with Gasteiger partial charge >= 0.3 is 5.97 Å². The molecule has 1 heterocycles. The number of hydrogen-bond donors (Lipinski definition) is 0. The standard InChI is InChI=1S/C25H35NO5/c1-6-8-15-28-22-14-13-21(24(26-22)29-16-9-7-2)19-11-10-12-20(17-19)30-18-23(27)31-25(3,4)5/h10-14,17H,6-9,15-16,18H2,1-5H3. The summed E-state index contributed by atoms with van der Waals surface area (Å²) in [7, 11) is 0. The van der Waals surface area contributed by atoms with E-state index < -0.39 is 11.6 Å². The lowest BCUT2D eigenvalue weighted by Crippen LogP contribution is -2.27. The second kappa shape index (κ2) is 12.2. The van der Waals surface area contributed by atoms with Crippen LogP contribution >= 0.6 is 0 Å². The molecule has 0 saturated heterocycles. The molecule has 0 N–H and O–H groups in total. The van der Waals surface area contributed by atoms with Crippen LogP contribution in [0.1, 0.15) is 60.3 Å². The highest BCUT2D eigenvalue weighted by Crippen LogP contribution is 2.32. The van der Waals surface area contributed by atoms with Crippen LogP contribution in [0.15, 0.2) is 36.4 Å². The molecule has 2 aromatic rings. The van der Waals surface area contributed by atoms with E-state index in [2.05, 4.69) is 18.8 Å². The molecule has 170 valence electrons. The summed E-state index contributed by atoms with van der Waals surface area (Å²) in [6, 6.07) is 11.3. The van der Waals surface area contributed by atoms with Crippen molar-refractivity contribution >= 4 is 5.97 Å². The Morgan fingerprint density at radius 2 is 1.65 bits per heavy atom. The maximum absolute atomic E-state index is 11.9. The lowest BCUT2D eigenvalue weighted by molar-refractivity contribution is -0.157. The molecule has 6 heteroatoms. The van der Waals surface area contributed by atoms with Gasteiger partial charge in [-0.05, 0) is 57.4 Å². The molecule has 0 aliphatic rings. The van der Waals surface area contributed by atoms with Crippen LogP contribution in [0.4, 0.5) is 0 Å². The Kier molecular flexibility index (Phi) is 9.63. The molecule has 0 aliphatic carbocycles. The van der Waals surface area contributed by atoms with Crippen molar-refractivity contribution in [2.75, 3.05) is 19.8 Å². The molecule has 1 aromatic heterocycles. The Bertz CT molecular complexity index is 829. The van der Waals surface area contributed by atoms with Gasteiger partial charge in [-0.3, -0.25) is 0 Å². The average molecular weight is 430 g/mol. The van der Waals surface area contributed by atoms with Gasteiger partial charge in [0.1, 0.15) is 11.4 Å². The van der Waals surface area contributed by atoms with Crippen LogP contribution in [-0.4, -0.2) is 36.4 Å². The number of carbonyl (C=O) groups excluding carboxylic acids is 1. The minimum absolute atomic E-state index is 0.150. The van der Waals surface area contributed by atoms with Crippen LogP contribution in [0.5, 0.6) is 17.5 Å². The molecule has 0 fully saturated rings. The normalized spacial score (nSPS) is 11.1. The number of aromatic nitrogens is 1. The SMILES string of the molecule is CCCCOc1ccc(-c2cccc(OCC(=O)OC(C)(C)C)c2)c(OCCCC)n1. The molecule has 6 nitrogen and oxygen atoms in total. The van der Waals surface area contributed by atoms with Gasteiger partial charge in [-0.2, -0.15) is 4.98 Å². The van der Waals surface area contributed by atoms with Crippen molar-refractivity contribution in [2.24, 2.45) is 0 Å². The number of pyridine rings is 1. The van der Waals surface area contributed by atoms with E-state index in [1.165, 1.54) is 0 Å². The monoisotopic (exact) mass is 429 g/mol. The zero-order valence-electron chi connectivity index (χ0n) is 19.4. The summed E-state index contributed by atoms with van der Waals surface area (Å²) in [5.41, 5.74) is 1.20. The van der Waals surface area contributed by atoms with Crippen LogP contribution in [0.3, 0.4) is 0 Å². The molecule has 31 heavy (non-hydrogen) atoms. The van der Waals surface area contributed by atoms with Crippen molar-refractivity contribution < 1.29 is 23.7 Å². The smallest absolute Gasteiger partial charge is 0.344 e. The fraction of sp³-hybridized carbons (Fsp3) is 0.520. The molecular weight excluding hydrogens is 394 g/mol. The van der Waals surface area contributed by atoms with Crippen LogP contribution < -0.4 is 14.2 Å². The third-order valence-electron chi connectivity index (χ3n) is 4.24. The lowest BCUT2D eigenvalue weighted by atomic mass is 10.1. The second-order valence-electron chi connectivity index (χ2n) is 8.31. The summed E-state index contributed by atoms with van der Waals surface area (Å²) in [5, 5.41) is 0. The van der Waals surface area contributed by atoms with E-state index >= 15 is 0 Å². The first kappa shape index (κ1) is 24.5. The molecular formula is C25H35NO5. The van der Waals surface area contributed by atoms with E-state index in [0.717, 1.165) is 36.8 Å². The number of unbranched alkanes of at least 4 members (excludes halogenated alkanes) is 2. The van der Waals surface area contributed by atoms with Crippen molar-refractivity contribution in [3.8, 4) is 28.6 Å². The van der Waals surface area contributed by atoms with Crippen molar-refractivity contribution in [1.82, 2.24) is 4.98 Å². The van der Waals surface area contributed by atoms with Gasteiger partial charge in [0.2, 0.25) is 11.8 Å². The van der Waals surface area contributed by atoms with Crippen LogP contribution in [-0.2, 0) is 9.53 Å². The maximum atomic E-state index is 11.9. The van der Waals surface area contributed by atoms with Gasteiger partial charge in [-0.1, -0.05) is 38.8 Å². The Labute approximate surface area is 185 Å². The van der Waals surface area contributed by atoms with Gasteiger partial charge in [0.15, 0.2) is 6.61 Å². The Balaban J connectivity index is 2.17. The van der Waals surface area contributed by atoms with Crippen LogP contribution in [0, 0.1) is 0 Å². The van der Waals surface area contributed by atoms with Gasteiger partial charge < -0.3 is 18.9 Å². The average Bonchev–Trinajstić information content (AvgIpc) is 2.72. The Morgan fingerprint density at radius 1 is 0.935 bits per heavy atom. The first-order chi connectivity index (χ1) is 14.8. The molecule has 2 rings (SSSR count). The zero-order chi connectivity index (χ0) is 22.7. The summed E-state index contributed by atoms with van der Waals surface area (Å²) >= 11 is 0. The summed E-state index contributed by atoms with van der Waals surface area (Å²) in [5.74, 6) is 1.26. The predicted octanol–water partition coefficient (Wildman–Crippen LogP) is 5.83. The minimum atomic E-state index is -0.542. The first-order valence-corrected chi connectivity index (χ1v) is 11.0. The maximum Gasteiger partial charge on any atom is 0.344 e. The lowest BCUT2D eigenvalue weighted by Gasteiger charge is -2.19. The molecule has 0 radical (unpaired) electrons. The summed E-state index contributed by atoms with van der Waals surface area (Å²) in [6.45, 7) is 10.8. The quantitative estimate of drug-likeness (QED) is 0.312. The molecule has 1 aromatic carbocycles. The number of esters is 1. The number of benzene rings is 1. The second-order valence-corrected chi connectivity index (χ2v) is 8.31.